The van der Waals surface area contributed by atoms with E-state index < -0.39 is 0 Å². The highest BCUT2D eigenvalue weighted by Gasteiger charge is 2.32. The van der Waals surface area contributed by atoms with Crippen molar-refractivity contribution in [2.24, 2.45) is 0 Å². The van der Waals surface area contributed by atoms with Crippen LogP contribution in [0.25, 0.3) is 0 Å². The van der Waals surface area contributed by atoms with Gasteiger partial charge in [0.15, 0.2) is 0 Å². The number of hydrogen-bond donors (Lipinski definition) is 3. The molecule has 2 atom stereocenters. The molecule has 0 spiro atoms. The fraction of sp³-hybridized carbons (Fsp3) is 0.438. The van der Waals surface area contributed by atoms with Crippen molar-refractivity contribution in [3.05, 3.63) is 46.2 Å². The highest BCUT2D eigenvalue weighted by Crippen LogP contribution is 2.31. The zero-order valence-corrected chi connectivity index (χ0v) is 13.8. The molecule has 0 radical (unpaired) electrons. The number of benzene rings is 1. The highest BCUT2D eigenvalue weighted by atomic mass is 32.1. The van der Waals surface area contributed by atoms with E-state index in [1.54, 1.807) is 0 Å². The summed E-state index contributed by atoms with van der Waals surface area (Å²) in [5.74, 6) is -0.291. The molecule has 1 heterocycles. The van der Waals surface area contributed by atoms with E-state index in [9.17, 15) is 4.79 Å². The average molecular weight is 306 g/mol. The molecule has 0 aliphatic carbocycles. The predicted molar refractivity (Wildman–Crippen MR) is 87.0 cm³/mol. The van der Waals surface area contributed by atoms with Gasteiger partial charge in [0.25, 0.3) is 0 Å². The van der Waals surface area contributed by atoms with Gasteiger partial charge in [0.1, 0.15) is 5.50 Å². The molecular formula is C16H22N2O2S. The zero-order valence-electron chi connectivity index (χ0n) is 12.9. The van der Waals surface area contributed by atoms with Gasteiger partial charge >= 0.3 is 5.97 Å². The number of nitrogens with one attached hydrogen (secondary N) is 2. The van der Waals surface area contributed by atoms with E-state index in [4.69, 9.17) is 4.74 Å². The van der Waals surface area contributed by atoms with Gasteiger partial charge in [-0.05, 0) is 38.8 Å². The lowest BCUT2D eigenvalue weighted by molar-refractivity contribution is -0.139. The molecule has 114 valence electrons. The average Bonchev–Trinajstić information content (AvgIpc) is 2.37. The fourth-order valence-electron chi connectivity index (χ4n) is 2.66. The lowest BCUT2D eigenvalue weighted by Crippen LogP contribution is -2.47. The first-order valence-electron chi connectivity index (χ1n) is 7.09. The van der Waals surface area contributed by atoms with Crippen LogP contribution in [0.1, 0.15) is 36.6 Å². The van der Waals surface area contributed by atoms with Gasteiger partial charge in [-0.1, -0.05) is 23.8 Å². The van der Waals surface area contributed by atoms with Gasteiger partial charge in [-0.2, -0.15) is 0 Å². The second-order valence-corrected chi connectivity index (χ2v) is 5.78. The van der Waals surface area contributed by atoms with Crippen LogP contribution in [0.2, 0.25) is 0 Å². The quantitative estimate of drug-likeness (QED) is 0.593. The van der Waals surface area contributed by atoms with E-state index in [1.165, 1.54) is 5.56 Å². The number of rotatable bonds is 3. The molecule has 0 bridgehead atoms. The van der Waals surface area contributed by atoms with Crippen LogP contribution in [-0.4, -0.2) is 18.1 Å². The Morgan fingerprint density at radius 2 is 2.05 bits per heavy atom. The molecule has 1 aromatic carbocycles. The van der Waals surface area contributed by atoms with Crippen LogP contribution in [0.5, 0.6) is 0 Å². The molecule has 1 aliphatic heterocycles. The molecule has 2 unspecified atom stereocenters. The van der Waals surface area contributed by atoms with Crippen molar-refractivity contribution < 1.29 is 9.53 Å². The third-order valence-electron chi connectivity index (χ3n) is 3.60. The third-order valence-corrected chi connectivity index (χ3v) is 3.88. The molecular weight excluding hydrogens is 284 g/mol. The number of carbonyl (C=O) groups excluding carboxylic acids is 1. The molecule has 0 aromatic heterocycles. The number of allylic oxidation sites excluding steroid dienone is 1. The summed E-state index contributed by atoms with van der Waals surface area (Å²) < 4.78 is 5.20. The largest absolute Gasteiger partial charge is 0.463 e. The normalized spacial score (nSPS) is 22.0. The number of thiol groups is 1. The van der Waals surface area contributed by atoms with Gasteiger partial charge in [0, 0.05) is 5.70 Å². The molecule has 0 fully saturated rings. The van der Waals surface area contributed by atoms with Gasteiger partial charge in [-0.3, -0.25) is 5.32 Å². The van der Waals surface area contributed by atoms with Crippen molar-refractivity contribution in [1.82, 2.24) is 10.6 Å². The summed E-state index contributed by atoms with van der Waals surface area (Å²) >= 11 is 4.44. The Bertz CT molecular complexity index is 584. The molecule has 0 saturated carbocycles. The lowest BCUT2D eigenvalue weighted by Gasteiger charge is -2.33. The topological polar surface area (TPSA) is 50.4 Å². The Balaban J connectivity index is 2.47. The van der Waals surface area contributed by atoms with Crippen LogP contribution in [0.3, 0.4) is 0 Å². The number of aryl methyl sites for hydroxylation is 2. The maximum absolute atomic E-state index is 12.3. The Hall–Kier alpha value is -1.46. The smallest absolute Gasteiger partial charge is 0.337 e. The van der Waals surface area contributed by atoms with Crippen LogP contribution in [0, 0.1) is 13.8 Å². The molecule has 1 aliphatic rings. The number of carbonyl (C=O) groups is 1. The molecule has 21 heavy (non-hydrogen) atoms. The number of hydrogen-bond acceptors (Lipinski definition) is 5. The minimum Gasteiger partial charge on any atom is -0.463 e. The monoisotopic (exact) mass is 306 g/mol. The second kappa shape index (κ2) is 6.54. The van der Waals surface area contributed by atoms with Gasteiger partial charge in [-0.15, -0.1) is 12.6 Å². The van der Waals surface area contributed by atoms with Crippen LogP contribution in [0.4, 0.5) is 0 Å². The van der Waals surface area contributed by atoms with Crippen LogP contribution >= 0.6 is 12.6 Å². The van der Waals surface area contributed by atoms with Crippen LogP contribution < -0.4 is 10.6 Å². The second-order valence-electron chi connectivity index (χ2n) is 5.27. The maximum atomic E-state index is 12.3. The van der Waals surface area contributed by atoms with E-state index in [-0.39, 0.29) is 17.5 Å². The van der Waals surface area contributed by atoms with Crippen LogP contribution in [0.15, 0.2) is 29.5 Å². The standard InChI is InChI=1S/C16H22N2O2S/c1-5-20-15(19)13-11(4)17-16(21)18-14(13)12-7-6-9(2)8-10(12)3/h6-8,14,16-18,21H,5H2,1-4H3. The minimum absolute atomic E-state index is 0.200. The van der Waals surface area contributed by atoms with E-state index >= 15 is 0 Å². The Kier molecular flexibility index (Phi) is 4.96. The van der Waals surface area contributed by atoms with E-state index in [1.807, 2.05) is 13.8 Å². The predicted octanol–water partition coefficient (Wildman–Crippen LogP) is 2.59. The first-order chi connectivity index (χ1) is 9.93. The summed E-state index contributed by atoms with van der Waals surface area (Å²) in [6.07, 6.45) is 0. The van der Waals surface area contributed by atoms with Crippen molar-refractivity contribution in [3.8, 4) is 0 Å². The highest BCUT2D eigenvalue weighted by molar-refractivity contribution is 7.80. The summed E-state index contributed by atoms with van der Waals surface area (Å²) in [4.78, 5) is 12.3. The van der Waals surface area contributed by atoms with E-state index in [0.29, 0.717) is 12.2 Å². The lowest BCUT2D eigenvalue weighted by atomic mass is 9.91. The summed E-state index contributed by atoms with van der Waals surface area (Å²) in [5.41, 5.74) is 4.64. The van der Waals surface area contributed by atoms with Gasteiger partial charge < -0.3 is 10.1 Å². The SMILES string of the molecule is CCOC(=O)C1=C(C)NC(S)NC1c1ccc(C)cc1C. The summed E-state index contributed by atoms with van der Waals surface area (Å²) in [7, 11) is 0. The zero-order chi connectivity index (χ0) is 15.6. The Labute approximate surface area is 131 Å². The van der Waals surface area contributed by atoms with E-state index in [0.717, 1.165) is 16.8 Å². The summed E-state index contributed by atoms with van der Waals surface area (Å²) in [6.45, 7) is 8.16. The maximum Gasteiger partial charge on any atom is 0.337 e. The Morgan fingerprint density at radius 3 is 2.67 bits per heavy atom. The first-order valence-corrected chi connectivity index (χ1v) is 7.61. The van der Waals surface area contributed by atoms with Crippen LogP contribution in [-0.2, 0) is 9.53 Å². The first kappa shape index (κ1) is 15.9. The number of ether oxygens (including phenoxy) is 1. The van der Waals surface area contributed by atoms with Crippen molar-refractivity contribution in [2.45, 2.75) is 39.2 Å². The summed E-state index contributed by atoms with van der Waals surface area (Å²) in [6, 6.07) is 6.01. The van der Waals surface area contributed by atoms with Gasteiger partial charge in [-0.25, -0.2) is 4.79 Å². The van der Waals surface area contributed by atoms with Crippen molar-refractivity contribution in [1.29, 1.82) is 0 Å². The summed E-state index contributed by atoms with van der Waals surface area (Å²) in [5, 5.41) is 6.44. The minimum atomic E-state index is -0.291. The molecule has 1 aromatic rings. The molecule has 2 rings (SSSR count). The molecule has 0 saturated heterocycles. The van der Waals surface area contributed by atoms with Crippen molar-refractivity contribution >= 4 is 18.6 Å². The molecule has 4 nitrogen and oxygen atoms in total. The molecule has 5 heteroatoms. The van der Waals surface area contributed by atoms with Crippen molar-refractivity contribution in [2.75, 3.05) is 6.61 Å². The Morgan fingerprint density at radius 1 is 1.33 bits per heavy atom. The molecule has 0 amide bonds. The molecule has 2 N–H and O–H groups in total. The van der Waals surface area contributed by atoms with Crippen molar-refractivity contribution in [3.63, 3.8) is 0 Å². The van der Waals surface area contributed by atoms with E-state index in [2.05, 4.69) is 55.3 Å². The fourth-order valence-corrected chi connectivity index (χ4v) is 3.00. The van der Waals surface area contributed by atoms with Gasteiger partial charge in [0.05, 0.1) is 18.2 Å². The van der Waals surface area contributed by atoms with Gasteiger partial charge in [0.2, 0.25) is 0 Å². The number of esters is 1. The third kappa shape index (κ3) is 3.41.